The molecule has 0 radical (unpaired) electrons. The molecule has 26 heavy (non-hydrogen) atoms. The van der Waals surface area contributed by atoms with Gasteiger partial charge in [0.2, 0.25) is 0 Å². The molecule has 1 fully saturated rings. The van der Waals surface area contributed by atoms with Gasteiger partial charge in [-0.05, 0) is 56.0 Å². The van der Waals surface area contributed by atoms with Gasteiger partial charge in [-0.15, -0.1) is 11.8 Å². The Morgan fingerprint density at radius 1 is 1.15 bits per heavy atom. The molecule has 1 heterocycles. The van der Waals surface area contributed by atoms with Gasteiger partial charge in [0.05, 0.1) is 5.56 Å². The predicted molar refractivity (Wildman–Crippen MR) is 107 cm³/mol. The maximum Gasteiger partial charge on any atom is 0.252 e. The summed E-state index contributed by atoms with van der Waals surface area (Å²) >= 11 is 1.58. The highest BCUT2D eigenvalue weighted by Crippen LogP contribution is 2.21. The van der Waals surface area contributed by atoms with Gasteiger partial charge in [0, 0.05) is 24.5 Å². The minimum absolute atomic E-state index is 0.0402. The van der Waals surface area contributed by atoms with Crippen molar-refractivity contribution in [3.63, 3.8) is 0 Å². The molecule has 0 unspecified atom stereocenters. The summed E-state index contributed by atoms with van der Waals surface area (Å²) < 4.78 is 6.07. The van der Waals surface area contributed by atoms with Gasteiger partial charge in [-0.1, -0.05) is 24.3 Å². The zero-order valence-electron chi connectivity index (χ0n) is 15.4. The Morgan fingerprint density at radius 3 is 2.54 bits per heavy atom. The number of nitrogens with zero attached hydrogens (tertiary/aromatic N) is 1. The average molecular weight is 371 g/mol. The molecule has 1 N–H and O–H groups in total. The van der Waals surface area contributed by atoms with Gasteiger partial charge in [-0.2, -0.15) is 0 Å². The molecule has 5 heteroatoms. The summed E-state index contributed by atoms with van der Waals surface area (Å²) in [6, 6.07) is 15.7. The molecule has 0 atom stereocenters. The van der Waals surface area contributed by atoms with Crippen molar-refractivity contribution < 1.29 is 9.53 Å². The Kier molecular flexibility index (Phi) is 6.58. The number of ether oxygens (including phenoxy) is 1. The van der Waals surface area contributed by atoms with E-state index < -0.39 is 0 Å². The number of hydrogen-bond donors (Lipinski definition) is 1. The molecule has 0 spiro atoms. The first-order valence-electron chi connectivity index (χ1n) is 9.01. The second kappa shape index (κ2) is 9.10. The number of hydrogen-bond acceptors (Lipinski definition) is 4. The maximum atomic E-state index is 12.4. The third kappa shape index (κ3) is 5.02. The molecule has 1 aliphatic heterocycles. The Balaban J connectivity index is 1.52. The van der Waals surface area contributed by atoms with Crippen LogP contribution >= 0.6 is 11.8 Å². The summed E-state index contributed by atoms with van der Waals surface area (Å²) in [5, 5.41) is 3.00. The summed E-state index contributed by atoms with van der Waals surface area (Å²) in [5.74, 6) is 0.865. The zero-order valence-corrected chi connectivity index (χ0v) is 16.2. The molecular weight excluding hydrogens is 344 g/mol. The van der Waals surface area contributed by atoms with Gasteiger partial charge >= 0.3 is 0 Å². The fourth-order valence-corrected chi connectivity index (χ4v) is 3.69. The van der Waals surface area contributed by atoms with Crippen LogP contribution in [0.4, 0.5) is 0 Å². The molecule has 2 aromatic carbocycles. The quantitative estimate of drug-likeness (QED) is 0.785. The lowest BCUT2D eigenvalue weighted by Crippen LogP contribution is -2.35. The van der Waals surface area contributed by atoms with Crippen LogP contribution in [0, 0.1) is 0 Å². The molecule has 1 amide bonds. The van der Waals surface area contributed by atoms with E-state index in [1.165, 1.54) is 0 Å². The smallest absolute Gasteiger partial charge is 0.252 e. The molecular formula is C21H26N2O2S. The minimum atomic E-state index is -0.0402. The van der Waals surface area contributed by atoms with E-state index in [1.54, 1.807) is 11.8 Å². The fraction of sp³-hybridized carbons (Fsp3) is 0.381. The molecule has 1 aliphatic rings. The van der Waals surface area contributed by atoms with Crippen molar-refractivity contribution in [2.45, 2.75) is 30.4 Å². The van der Waals surface area contributed by atoms with Crippen molar-refractivity contribution in [2.24, 2.45) is 0 Å². The topological polar surface area (TPSA) is 41.6 Å². The molecule has 0 bridgehead atoms. The van der Waals surface area contributed by atoms with E-state index in [4.69, 9.17) is 4.74 Å². The Hall–Kier alpha value is -1.98. The van der Waals surface area contributed by atoms with Crippen LogP contribution in [0.25, 0.3) is 0 Å². The molecule has 3 rings (SSSR count). The number of benzene rings is 2. The molecule has 0 saturated carbocycles. The highest BCUT2D eigenvalue weighted by Gasteiger charge is 2.17. The standard InChI is InChI=1S/C21H26N2O2S/c1-23-13-11-18(12-14-23)25-17-9-7-16(8-10-17)15-22-21(24)19-5-3-4-6-20(19)26-2/h3-10,18H,11-15H2,1-2H3,(H,22,24). The Morgan fingerprint density at radius 2 is 1.85 bits per heavy atom. The summed E-state index contributed by atoms with van der Waals surface area (Å²) in [6.45, 7) is 2.69. The van der Waals surface area contributed by atoms with Crippen LogP contribution in [0.3, 0.4) is 0 Å². The number of piperidine rings is 1. The van der Waals surface area contributed by atoms with Crippen LogP contribution in [0.1, 0.15) is 28.8 Å². The highest BCUT2D eigenvalue weighted by molar-refractivity contribution is 7.98. The fourth-order valence-electron chi connectivity index (χ4n) is 3.09. The van der Waals surface area contributed by atoms with E-state index in [2.05, 4.69) is 17.3 Å². The number of rotatable bonds is 6. The number of amides is 1. The van der Waals surface area contributed by atoms with Crippen molar-refractivity contribution in [1.29, 1.82) is 0 Å². The molecule has 1 saturated heterocycles. The van der Waals surface area contributed by atoms with Crippen molar-refractivity contribution >= 4 is 17.7 Å². The van der Waals surface area contributed by atoms with E-state index in [1.807, 2.05) is 54.8 Å². The third-order valence-electron chi connectivity index (χ3n) is 4.70. The third-order valence-corrected chi connectivity index (χ3v) is 5.49. The van der Waals surface area contributed by atoms with Gasteiger partial charge in [0.1, 0.15) is 11.9 Å². The first-order valence-corrected chi connectivity index (χ1v) is 10.2. The Labute approximate surface area is 159 Å². The van der Waals surface area contributed by atoms with Crippen LogP contribution in [-0.4, -0.2) is 43.3 Å². The summed E-state index contributed by atoms with van der Waals surface area (Å²) in [7, 11) is 2.15. The second-order valence-electron chi connectivity index (χ2n) is 6.65. The van der Waals surface area contributed by atoms with Gasteiger partial charge in [-0.3, -0.25) is 4.79 Å². The molecule has 0 aliphatic carbocycles. The van der Waals surface area contributed by atoms with Crippen LogP contribution in [0.15, 0.2) is 53.4 Å². The SMILES string of the molecule is CSc1ccccc1C(=O)NCc1ccc(OC2CCN(C)CC2)cc1. The monoisotopic (exact) mass is 370 g/mol. The number of carbonyl (C=O) groups is 1. The van der Waals surface area contributed by atoms with E-state index in [-0.39, 0.29) is 5.91 Å². The Bertz CT molecular complexity index is 725. The van der Waals surface area contributed by atoms with E-state index >= 15 is 0 Å². The average Bonchev–Trinajstić information content (AvgIpc) is 2.69. The zero-order chi connectivity index (χ0) is 18.4. The van der Waals surface area contributed by atoms with Gasteiger partial charge in [0.15, 0.2) is 0 Å². The van der Waals surface area contributed by atoms with E-state index in [9.17, 15) is 4.79 Å². The van der Waals surface area contributed by atoms with Gasteiger partial charge in [0.25, 0.3) is 5.91 Å². The van der Waals surface area contributed by atoms with E-state index in [0.717, 1.165) is 47.7 Å². The minimum Gasteiger partial charge on any atom is -0.490 e. The van der Waals surface area contributed by atoms with Crippen molar-refractivity contribution in [2.75, 3.05) is 26.4 Å². The lowest BCUT2D eigenvalue weighted by Gasteiger charge is -2.29. The number of carbonyl (C=O) groups excluding carboxylic acids is 1. The number of thioether (sulfide) groups is 1. The first-order chi connectivity index (χ1) is 12.7. The molecule has 2 aromatic rings. The second-order valence-corrected chi connectivity index (χ2v) is 7.50. The first kappa shape index (κ1) is 18.8. The maximum absolute atomic E-state index is 12.4. The van der Waals surface area contributed by atoms with Crippen molar-refractivity contribution in [3.8, 4) is 5.75 Å². The molecule has 0 aromatic heterocycles. The van der Waals surface area contributed by atoms with Crippen molar-refractivity contribution in [3.05, 3.63) is 59.7 Å². The number of likely N-dealkylation sites (tertiary alicyclic amines) is 1. The van der Waals surface area contributed by atoms with Gasteiger partial charge < -0.3 is 15.0 Å². The van der Waals surface area contributed by atoms with Crippen LogP contribution in [-0.2, 0) is 6.54 Å². The predicted octanol–water partition coefficient (Wildman–Crippen LogP) is 3.81. The summed E-state index contributed by atoms with van der Waals surface area (Å²) in [5.41, 5.74) is 1.79. The van der Waals surface area contributed by atoms with Crippen molar-refractivity contribution in [1.82, 2.24) is 10.2 Å². The summed E-state index contributed by atoms with van der Waals surface area (Å²) in [6.07, 6.45) is 4.43. The van der Waals surface area contributed by atoms with Gasteiger partial charge in [-0.25, -0.2) is 0 Å². The summed E-state index contributed by atoms with van der Waals surface area (Å²) in [4.78, 5) is 15.7. The largest absolute Gasteiger partial charge is 0.490 e. The van der Waals surface area contributed by atoms with E-state index in [0.29, 0.717) is 12.6 Å². The van der Waals surface area contributed by atoms with Crippen LogP contribution in [0.2, 0.25) is 0 Å². The lowest BCUT2D eigenvalue weighted by atomic mass is 10.1. The van der Waals surface area contributed by atoms with Crippen LogP contribution in [0.5, 0.6) is 5.75 Å². The molecule has 138 valence electrons. The van der Waals surface area contributed by atoms with Crippen LogP contribution < -0.4 is 10.1 Å². The number of nitrogens with one attached hydrogen (secondary N) is 1. The lowest BCUT2D eigenvalue weighted by molar-refractivity contribution is 0.0948. The normalized spacial score (nSPS) is 15.6. The highest BCUT2D eigenvalue weighted by atomic mass is 32.2. The molecule has 4 nitrogen and oxygen atoms in total.